The van der Waals surface area contributed by atoms with Crippen molar-refractivity contribution in [1.29, 1.82) is 0 Å². The minimum atomic E-state index is 0.216. The SMILES string of the molecule is CCN1CCOC(CNc2c(N)c(C)nn2CC)C1. The van der Waals surface area contributed by atoms with Gasteiger partial charge in [0, 0.05) is 26.2 Å². The largest absolute Gasteiger partial charge is 0.394 e. The van der Waals surface area contributed by atoms with Crippen LogP contribution in [0.15, 0.2) is 0 Å². The highest BCUT2D eigenvalue weighted by Gasteiger charge is 2.20. The van der Waals surface area contributed by atoms with Crippen molar-refractivity contribution in [2.75, 3.05) is 43.8 Å². The van der Waals surface area contributed by atoms with Gasteiger partial charge in [-0.25, -0.2) is 4.68 Å². The molecule has 3 N–H and O–H groups in total. The molecule has 108 valence electrons. The fraction of sp³-hybridized carbons (Fsp3) is 0.769. The van der Waals surface area contributed by atoms with E-state index in [0.717, 1.165) is 56.5 Å². The Hall–Kier alpha value is -1.27. The van der Waals surface area contributed by atoms with E-state index in [2.05, 4.69) is 29.2 Å². The lowest BCUT2D eigenvalue weighted by Gasteiger charge is -2.32. The molecule has 0 saturated carbocycles. The first-order valence-corrected chi connectivity index (χ1v) is 7.06. The second-order valence-electron chi connectivity index (χ2n) is 4.93. The van der Waals surface area contributed by atoms with Gasteiger partial charge in [0.2, 0.25) is 0 Å². The van der Waals surface area contributed by atoms with Crippen molar-refractivity contribution in [2.45, 2.75) is 33.4 Å². The minimum Gasteiger partial charge on any atom is -0.394 e. The third-order valence-electron chi connectivity index (χ3n) is 3.64. The Balaban J connectivity index is 1.95. The summed E-state index contributed by atoms with van der Waals surface area (Å²) in [6, 6.07) is 0. The molecule has 1 unspecified atom stereocenters. The van der Waals surface area contributed by atoms with E-state index in [1.807, 2.05) is 11.6 Å². The van der Waals surface area contributed by atoms with Crippen LogP contribution in [-0.2, 0) is 11.3 Å². The summed E-state index contributed by atoms with van der Waals surface area (Å²) in [6.07, 6.45) is 0.216. The predicted molar refractivity (Wildman–Crippen MR) is 77.4 cm³/mol. The summed E-state index contributed by atoms with van der Waals surface area (Å²) in [5.41, 5.74) is 7.67. The standard InChI is InChI=1S/C13H25N5O/c1-4-17-6-7-19-11(9-17)8-15-13-12(14)10(3)16-18(13)5-2/h11,15H,4-9,14H2,1-3H3. The molecule has 19 heavy (non-hydrogen) atoms. The number of anilines is 2. The molecule has 1 aromatic rings. The van der Waals surface area contributed by atoms with Gasteiger partial charge in [-0.3, -0.25) is 4.90 Å². The van der Waals surface area contributed by atoms with Crippen molar-refractivity contribution in [1.82, 2.24) is 14.7 Å². The van der Waals surface area contributed by atoms with Crippen LogP contribution >= 0.6 is 0 Å². The first-order chi connectivity index (χ1) is 9.15. The topological polar surface area (TPSA) is 68.3 Å². The molecular formula is C13H25N5O. The maximum Gasteiger partial charge on any atom is 0.148 e. The molecule has 6 heteroatoms. The molecule has 0 aromatic carbocycles. The van der Waals surface area contributed by atoms with Gasteiger partial charge in [-0.05, 0) is 20.4 Å². The van der Waals surface area contributed by atoms with Crippen LogP contribution in [-0.4, -0.2) is 53.6 Å². The number of nitrogens with two attached hydrogens (primary N) is 1. The molecule has 0 bridgehead atoms. The Morgan fingerprint density at radius 3 is 2.89 bits per heavy atom. The van der Waals surface area contributed by atoms with Crippen LogP contribution in [0.1, 0.15) is 19.5 Å². The monoisotopic (exact) mass is 267 g/mol. The number of morpholine rings is 1. The third-order valence-corrected chi connectivity index (χ3v) is 3.64. The number of aryl methyl sites for hydroxylation is 2. The minimum absolute atomic E-state index is 0.216. The second-order valence-corrected chi connectivity index (χ2v) is 4.93. The van der Waals surface area contributed by atoms with E-state index in [0.29, 0.717) is 0 Å². The van der Waals surface area contributed by atoms with Crippen LogP contribution in [0.2, 0.25) is 0 Å². The van der Waals surface area contributed by atoms with E-state index in [-0.39, 0.29) is 6.10 Å². The molecule has 6 nitrogen and oxygen atoms in total. The molecular weight excluding hydrogens is 242 g/mol. The van der Waals surface area contributed by atoms with Gasteiger partial charge >= 0.3 is 0 Å². The first kappa shape index (κ1) is 14.1. The van der Waals surface area contributed by atoms with Crippen LogP contribution < -0.4 is 11.1 Å². The number of hydrogen-bond acceptors (Lipinski definition) is 5. The highest BCUT2D eigenvalue weighted by molar-refractivity contribution is 5.64. The number of aromatic nitrogens is 2. The van der Waals surface area contributed by atoms with Gasteiger partial charge in [0.15, 0.2) is 0 Å². The number of nitrogens with zero attached hydrogens (tertiary/aromatic N) is 3. The molecule has 1 saturated heterocycles. The van der Waals surface area contributed by atoms with E-state index >= 15 is 0 Å². The molecule has 1 aliphatic heterocycles. The number of likely N-dealkylation sites (N-methyl/N-ethyl adjacent to an activating group) is 1. The fourth-order valence-corrected chi connectivity index (χ4v) is 2.41. The fourth-order valence-electron chi connectivity index (χ4n) is 2.41. The number of nitrogens with one attached hydrogen (secondary N) is 1. The van der Waals surface area contributed by atoms with E-state index in [4.69, 9.17) is 10.5 Å². The van der Waals surface area contributed by atoms with Gasteiger partial charge < -0.3 is 15.8 Å². The summed E-state index contributed by atoms with van der Waals surface area (Å²) in [6.45, 7) is 11.7. The summed E-state index contributed by atoms with van der Waals surface area (Å²) in [4.78, 5) is 2.40. The zero-order valence-corrected chi connectivity index (χ0v) is 12.1. The zero-order valence-electron chi connectivity index (χ0n) is 12.1. The summed E-state index contributed by atoms with van der Waals surface area (Å²) < 4.78 is 7.69. The summed E-state index contributed by atoms with van der Waals surface area (Å²) in [5.74, 6) is 0.914. The molecule has 1 aromatic heterocycles. The molecule has 2 rings (SSSR count). The lowest BCUT2D eigenvalue weighted by atomic mass is 10.2. The van der Waals surface area contributed by atoms with Crippen molar-refractivity contribution in [2.24, 2.45) is 0 Å². The first-order valence-electron chi connectivity index (χ1n) is 7.06. The van der Waals surface area contributed by atoms with Crippen LogP contribution in [0.25, 0.3) is 0 Å². The predicted octanol–water partition coefficient (Wildman–Crippen LogP) is 0.926. The highest BCUT2D eigenvalue weighted by Crippen LogP contribution is 2.22. The van der Waals surface area contributed by atoms with E-state index < -0.39 is 0 Å². The van der Waals surface area contributed by atoms with Crippen molar-refractivity contribution in [3.05, 3.63) is 5.69 Å². The third kappa shape index (κ3) is 3.19. The average Bonchev–Trinajstić information content (AvgIpc) is 2.72. The van der Waals surface area contributed by atoms with E-state index in [1.54, 1.807) is 0 Å². The van der Waals surface area contributed by atoms with Gasteiger partial charge in [-0.1, -0.05) is 6.92 Å². The molecule has 1 atom stereocenters. The Morgan fingerprint density at radius 1 is 1.42 bits per heavy atom. The number of hydrogen-bond donors (Lipinski definition) is 2. The lowest BCUT2D eigenvalue weighted by Crippen LogP contribution is -2.45. The molecule has 1 aliphatic rings. The van der Waals surface area contributed by atoms with Crippen LogP contribution in [0, 0.1) is 6.92 Å². The summed E-state index contributed by atoms with van der Waals surface area (Å²) in [5, 5.41) is 7.79. The maximum atomic E-state index is 6.05. The molecule has 0 spiro atoms. The smallest absolute Gasteiger partial charge is 0.148 e. The van der Waals surface area contributed by atoms with Gasteiger partial charge in [0.05, 0.1) is 24.1 Å². The van der Waals surface area contributed by atoms with E-state index in [1.165, 1.54) is 0 Å². The molecule has 0 amide bonds. The lowest BCUT2D eigenvalue weighted by molar-refractivity contribution is -0.0192. The summed E-state index contributed by atoms with van der Waals surface area (Å²) in [7, 11) is 0. The van der Waals surface area contributed by atoms with Crippen LogP contribution in [0.3, 0.4) is 0 Å². The maximum absolute atomic E-state index is 6.05. The van der Waals surface area contributed by atoms with Gasteiger partial charge in [-0.15, -0.1) is 0 Å². The van der Waals surface area contributed by atoms with Gasteiger partial charge in [0.1, 0.15) is 5.82 Å². The van der Waals surface area contributed by atoms with Crippen molar-refractivity contribution in [3.8, 4) is 0 Å². The highest BCUT2D eigenvalue weighted by atomic mass is 16.5. The van der Waals surface area contributed by atoms with E-state index in [9.17, 15) is 0 Å². The van der Waals surface area contributed by atoms with Gasteiger partial charge in [-0.2, -0.15) is 5.10 Å². The quantitative estimate of drug-likeness (QED) is 0.830. The second kappa shape index (κ2) is 6.25. The Kier molecular flexibility index (Phi) is 4.66. The van der Waals surface area contributed by atoms with Crippen LogP contribution in [0.4, 0.5) is 11.5 Å². The Bertz CT molecular complexity index is 417. The molecule has 0 radical (unpaired) electrons. The molecule has 1 fully saturated rings. The number of rotatable bonds is 5. The van der Waals surface area contributed by atoms with Crippen molar-refractivity contribution in [3.63, 3.8) is 0 Å². The average molecular weight is 267 g/mol. The molecule has 0 aliphatic carbocycles. The molecule has 2 heterocycles. The zero-order chi connectivity index (χ0) is 13.8. The van der Waals surface area contributed by atoms with Crippen molar-refractivity contribution >= 4 is 11.5 Å². The Morgan fingerprint density at radius 2 is 2.21 bits per heavy atom. The van der Waals surface area contributed by atoms with Gasteiger partial charge in [0.25, 0.3) is 0 Å². The normalized spacial score (nSPS) is 20.7. The van der Waals surface area contributed by atoms with Crippen LogP contribution in [0.5, 0.6) is 0 Å². The Labute approximate surface area is 114 Å². The van der Waals surface area contributed by atoms with Crippen molar-refractivity contribution < 1.29 is 4.74 Å². The summed E-state index contributed by atoms with van der Waals surface area (Å²) >= 11 is 0. The number of nitrogen functional groups attached to an aromatic ring is 1. The number of ether oxygens (including phenoxy) is 1.